The van der Waals surface area contributed by atoms with Crippen molar-refractivity contribution >= 4 is 17.3 Å². The van der Waals surface area contributed by atoms with Gasteiger partial charge in [0.2, 0.25) is 11.7 Å². The Kier molecular flexibility index (Phi) is 6.72. The van der Waals surface area contributed by atoms with Crippen molar-refractivity contribution in [3.05, 3.63) is 41.5 Å². The van der Waals surface area contributed by atoms with E-state index < -0.39 is 0 Å². The van der Waals surface area contributed by atoms with Crippen molar-refractivity contribution < 1.29 is 19.0 Å². The Morgan fingerprint density at radius 3 is 2.19 bits per heavy atom. The first-order chi connectivity index (χ1) is 12.5. The SMILES string of the molecule is COc1cc(NCCC(=O)Nc2cc(C)ccc2C)cc(OC)c1OC. The molecule has 0 atom stereocenters. The highest BCUT2D eigenvalue weighted by molar-refractivity contribution is 5.91. The van der Waals surface area contributed by atoms with E-state index in [-0.39, 0.29) is 5.91 Å². The minimum absolute atomic E-state index is 0.0429. The summed E-state index contributed by atoms with van der Waals surface area (Å²) in [6, 6.07) is 9.61. The summed E-state index contributed by atoms with van der Waals surface area (Å²) in [4.78, 5) is 12.2. The van der Waals surface area contributed by atoms with Gasteiger partial charge in [-0.2, -0.15) is 0 Å². The molecular weight excluding hydrogens is 332 g/mol. The van der Waals surface area contributed by atoms with E-state index >= 15 is 0 Å². The number of carbonyl (C=O) groups excluding carboxylic acids is 1. The predicted molar refractivity (Wildman–Crippen MR) is 104 cm³/mol. The molecule has 6 heteroatoms. The normalized spacial score (nSPS) is 10.2. The van der Waals surface area contributed by atoms with Gasteiger partial charge >= 0.3 is 0 Å². The zero-order chi connectivity index (χ0) is 19.1. The molecule has 0 aromatic heterocycles. The molecular formula is C20H26N2O4. The zero-order valence-corrected chi connectivity index (χ0v) is 15.9. The molecule has 0 radical (unpaired) electrons. The average molecular weight is 358 g/mol. The molecule has 0 aliphatic carbocycles. The highest BCUT2D eigenvalue weighted by Gasteiger charge is 2.13. The Morgan fingerprint density at radius 2 is 1.62 bits per heavy atom. The van der Waals surface area contributed by atoms with E-state index in [0.717, 1.165) is 22.5 Å². The molecule has 0 saturated carbocycles. The van der Waals surface area contributed by atoms with Crippen molar-refractivity contribution in [2.75, 3.05) is 38.5 Å². The third-order valence-electron chi connectivity index (χ3n) is 4.01. The molecule has 2 aromatic carbocycles. The van der Waals surface area contributed by atoms with E-state index in [1.54, 1.807) is 21.3 Å². The minimum atomic E-state index is -0.0429. The quantitative estimate of drug-likeness (QED) is 0.752. The molecule has 0 unspecified atom stereocenters. The van der Waals surface area contributed by atoms with Gasteiger partial charge in [0.25, 0.3) is 0 Å². The molecule has 0 spiro atoms. The Hall–Kier alpha value is -2.89. The van der Waals surface area contributed by atoms with Gasteiger partial charge in [-0.1, -0.05) is 12.1 Å². The van der Waals surface area contributed by atoms with Crippen molar-refractivity contribution in [1.82, 2.24) is 0 Å². The average Bonchev–Trinajstić information content (AvgIpc) is 2.63. The number of hydrogen-bond acceptors (Lipinski definition) is 5. The number of benzene rings is 2. The lowest BCUT2D eigenvalue weighted by Crippen LogP contribution is -2.17. The van der Waals surface area contributed by atoms with Crippen molar-refractivity contribution in [1.29, 1.82) is 0 Å². The lowest BCUT2D eigenvalue weighted by atomic mass is 10.1. The number of rotatable bonds is 8. The number of anilines is 2. The molecule has 0 saturated heterocycles. The molecule has 2 aromatic rings. The Labute approximate surface area is 154 Å². The Balaban J connectivity index is 1.96. The summed E-state index contributed by atoms with van der Waals surface area (Å²) in [5.74, 6) is 1.62. The minimum Gasteiger partial charge on any atom is -0.493 e. The van der Waals surface area contributed by atoms with Gasteiger partial charge in [-0.05, 0) is 31.0 Å². The topological polar surface area (TPSA) is 68.8 Å². The van der Waals surface area contributed by atoms with E-state index in [4.69, 9.17) is 14.2 Å². The Bertz CT molecular complexity index is 749. The van der Waals surface area contributed by atoms with Gasteiger partial charge in [0.1, 0.15) is 0 Å². The smallest absolute Gasteiger partial charge is 0.226 e. The van der Waals surface area contributed by atoms with Crippen LogP contribution in [0.3, 0.4) is 0 Å². The lowest BCUT2D eigenvalue weighted by molar-refractivity contribution is -0.115. The maximum Gasteiger partial charge on any atom is 0.226 e. The van der Waals surface area contributed by atoms with E-state index in [1.165, 1.54) is 0 Å². The fourth-order valence-corrected chi connectivity index (χ4v) is 2.59. The summed E-state index contributed by atoms with van der Waals surface area (Å²) in [7, 11) is 4.70. The van der Waals surface area contributed by atoms with Crippen LogP contribution < -0.4 is 24.8 Å². The second kappa shape index (κ2) is 8.99. The van der Waals surface area contributed by atoms with Gasteiger partial charge in [0.15, 0.2) is 11.5 Å². The van der Waals surface area contributed by atoms with Crippen LogP contribution in [0.5, 0.6) is 17.2 Å². The highest BCUT2D eigenvalue weighted by atomic mass is 16.5. The van der Waals surface area contributed by atoms with Gasteiger partial charge in [0.05, 0.1) is 21.3 Å². The second-order valence-corrected chi connectivity index (χ2v) is 5.96. The second-order valence-electron chi connectivity index (χ2n) is 5.96. The maximum atomic E-state index is 12.2. The van der Waals surface area contributed by atoms with E-state index in [9.17, 15) is 4.79 Å². The fraction of sp³-hybridized carbons (Fsp3) is 0.350. The van der Waals surface area contributed by atoms with Crippen LogP contribution in [0.25, 0.3) is 0 Å². The van der Waals surface area contributed by atoms with E-state index in [2.05, 4.69) is 10.6 Å². The summed E-state index contributed by atoms with van der Waals surface area (Å²) in [6.07, 6.45) is 0.337. The van der Waals surface area contributed by atoms with Crippen LogP contribution in [-0.2, 0) is 4.79 Å². The van der Waals surface area contributed by atoms with E-state index in [0.29, 0.717) is 30.2 Å². The summed E-state index contributed by atoms with van der Waals surface area (Å²) in [5.41, 5.74) is 3.80. The highest BCUT2D eigenvalue weighted by Crippen LogP contribution is 2.39. The van der Waals surface area contributed by atoms with Crippen molar-refractivity contribution in [2.45, 2.75) is 20.3 Å². The first kappa shape index (κ1) is 19.4. The molecule has 1 amide bonds. The standard InChI is InChI=1S/C20H26N2O4/c1-13-6-7-14(2)16(10-13)22-19(23)8-9-21-15-11-17(24-3)20(26-5)18(12-15)25-4/h6-7,10-12,21H,8-9H2,1-5H3,(H,22,23). The van der Waals surface area contributed by atoms with Crippen LogP contribution >= 0.6 is 0 Å². The third kappa shape index (κ3) is 4.81. The summed E-state index contributed by atoms with van der Waals surface area (Å²) < 4.78 is 16.0. The molecule has 0 aliphatic rings. The molecule has 0 heterocycles. The summed E-state index contributed by atoms with van der Waals surface area (Å²) in [5, 5.41) is 6.16. The fourth-order valence-electron chi connectivity index (χ4n) is 2.59. The van der Waals surface area contributed by atoms with Crippen molar-refractivity contribution in [3.8, 4) is 17.2 Å². The van der Waals surface area contributed by atoms with Crippen molar-refractivity contribution in [2.24, 2.45) is 0 Å². The number of ether oxygens (including phenoxy) is 3. The number of nitrogens with one attached hydrogen (secondary N) is 2. The summed E-state index contributed by atoms with van der Waals surface area (Å²) in [6.45, 7) is 4.46. The van der Waals surface area contributed by atoms with Gasteiger partial charge in [0, 0.05) is 36.5 Å². The van der Waals surface area contributed by atoms with Crippen LogP contribution in [-0.4, -0.2) is 33.8 Å². The van der Waals surface area contributed by atoms with Crippen LogP contribution in [0.4, 0.5) is 11.4 Å². The molecule has 26 heavy (non-hydrogen) atoms. The van der Waals surface area contributed by atoms with Gasteiger partial charge in [-0.15, -0.1) is 0 Å². The molecule has 6 nitrogen and oxygen atoms in total. The zero-order valence-electron chi connectivity index (χ0n) is 15.9. The van der Waals surface area contributed by atoms with Gasteiger partial charge < -0.3 is 24.8 Å². The molecule has 2 rings (SSSR count). The van der Waals surface area contributed by atoms with Crippen LogP contribution in [0, 0.1) is 13.8 Å². The number of carbonyl (C=O) groups is 1. The first-order valence-corrected chi connectivity index (χ1v) is 8.39. The molecule has 140 valence electrons. The number of amides is 1. The maximum absolute atomic E-state index is 12.2. The largest absolute Gasteiger partial charge is 0.493 e. The lowest BCUT2D eigenvalue weighted by Gasteiger charge is -2.15. The van der Waals surface area contributed by atoms with Crippen LogP contribution in [0.1, 0.15) is 17.5 Å². The third-order valence-corrected chi connectivity index (χ3v) is 4.01. The van der Waals surface area contributed by atoms with Crippen LogP contribution in [0.2, 0.25) is 0 Å². The van der Waals surface area contributed by atoms with Gasteiger partial charge in [-0.25, -0.2) is 0 Å². The monoisotopic (exact) mass is 358 g/mol. The molecule has 2 N–H and O–H groups in total. The van der Waals surface area contributed by atoms with Gasteiger partial charge in [-0.3, -0.25) is 4.79 Å². The number of methoxy groups -OCH3 is 3. The number of hydrogen-bond donors (Lipinski definition) is 2. The molecule has 0 aliphatic heterocycles. The summed E-state index contributed by atoms with van der Waals surface area (Å²) >= 11 is 0. The van der Waals surface area contributed by atoms with Crippen molar-refractivity contribution in [3.63, 3.8) is 0 Å². The predicted octanol–water partition coefficient (Wildman–Crippen LogP) is 3.77. The first-order valence-electron chi connectivity index (χ1n) is 8.39. The van der Waals surface area contributed by atoms with Crippen LogP contribution in [0.15, 0.2) is 30.3 Å². The Morgan fingerprint density at radius 1 is 0.962 bits per heavy atom. The molecule has 0 bridgehead atoms. The van der Waals surface area contributed by atoms with E-state index in [1.807, 2.05) is 44.2 Å². The number of aryl methyl sites for hydroxylation is 2. The molecule has 0 fully saturated rings.